The molecule has 28 heavy (non-hydrogen) atoms. The van der Waals surface area contributed by atoms with Crippen LogP contribution in [0, 0.1) is 0 Å². The van der Waals surface area contributed by atoms with E-state index in [9.17, 15) is 9.59 Å². The minimum absolute atomic E-state index is 0.321. The predicted molar refractivity (Wildman–Crippen MR) is 107 cm³/mol. The molecule has 2 aliphatic carbocycles. The smallest absolute Gasteiger partial charge is 0.294 e. The zero-order valence-corrected chi connectivity index (χ0v) is 15.3. The first-order valence-corrected chi connectivity index (χ1v) is 9.11. The normalized spacial score (nSPS) is 17.4. The molecule has 2 aromatic rings. The lowest BCUT2D eigenvalue weighted by Crippen LogP contribution is -2.41. The Labute approximate surface area is 161 Å². The lowest BCUT2D eigenvalue weighted by Gasteiger charge is -2.17. The standard InChI is InChI=1S/C23H17N3O2/c1-25-22(27)20-19-16-10-6-5-8-15(14-16)9-7-13-18(19)26(21(20)24-23(25)28)17-11-3-2-4-12-17/h2-13H,14H2,1H3. The van der Waals surface area contributed by atoms with E-state index in [4.69, 9.17) is 0 Å². The summed E-state index contributed by atoms with van der Waals surface area (Å²) in [5.74, 6) is -0.321. The van der Waals surface area contributed by atoms with Gasteiger partial charge < -0.3 is 0 Å². The summed E-state index contributed by atoms with van der Waals surface area (Å²) in [6.07, 6.45) is 14.8. The summed E-state index contributed by atoms with van der Waals surface area (Å²) in [6, 6.07) is 9.15. The molecule has 3 amide bonds. The zero-order chi connectivity index (χ0) is 19.3. The molecule has 5 heteroatoms. The summed E-state index contributed by atoms with van der Waals surface area (Å²) in [6.45, 7) is 0. The van der Waals surface area contributed by atoms with Crippen molar-refractivity contribution >= 4 is 23.6 Å². The molecule has 0 atom stereocenters. The molecule has 0 unspecified atom stereocenters. The average Bonchev–Trinajstić information content (AvgIpc) is 2.84. The van der Waals surface area contributed by atoms with Gasteiger partial charge >= 0.3 is 6.03 Å². The summed E-state index contributed by atoms with van der Waals surface area (Å²) in [7, 11) is 1.47. The number of para-hydroxylation sites is 1. The lowest BCUT2D eigenvalue weighted by atomic mass is 9.94. The summed E-state index contributed by atoms with van der Waals surface area (Å²) >= 11 is 0. The van der Waals surface area contributed by atoms with E-state index < -0.39 is 6.03 Å². The quantitative estimate of drug-likeness (QED) is 0.778. The maximum atomic E-state index is 13.1. The van der Waals surface area contributed by atoms with Crippen LogP contribution in [0.4, 0.5) is 4.79 Å². The maximum absolute atomic E-state index is 13.1. The fourth-order valence-corrected chi connectivity index (χ4v) is 3.87. The Balaban J connectivity index is 1.98. The van der Waals surface area contributed by atoms with Crippen molar-refractivity contribution in [3.8, 4) is 5.69 Å². The van der Waals surface area contributed by atoms with Gasteiger partial charge in [-0.2, -0.15) is 4.99 Å². The highest BCUT2D eigenvalue weighted by atomic mass is 16.2. The van der Waals surface area contributed by atoms with Crippen LogP contribution >= 0.6 is 0 Å². The molecule has 136 valence electrons. The van der Waals surface area contributed by atoms with Gasteiger partial charge in [0.1, 0.15) is 0 Å². The third kappa shape index (κ3) is 2.36. The van der Waals surface area contributed by atoms with Crippen molar-refractivity contribution in [2.45, 2.75) is 6.42 Å². The molecule has 2 heterocycles. The summed E-state index contributed by atoms with van der Waals surface area (Å²) in [4.78, 5) is 30.8. The van der Waals surface area contributed by atoms with Crippen LogP contribution in [0.2, 0.25) is 0 Å². The molecular weight excluding hydrogens is 350 g/mol. The lowest BCUT2D eigenvalue weighted by molar-refractivity contribution is 0.0828. The van der Waals surface area contributed by atoms with Gasteiger partial charge in [-0.1, -0.05) is 54.7 Å². The van der Waals surface area contributed by atoms with Crippen molar-refractivity contribution in [2.24, 2.45) is 4.99 Å². The molecule has 0 N–H and O–H groups in total. The van der Waals surface area contributed by atoms with E-state index in [0.717, 1.165) is 32.6 Å². The van der Waals surface area contributed by atoms with Crippen LogP contribution in [0.1, 0.15) is 22.3 Å². The van der Waals surface area contributed by atoms with E-state index >= 15 is 0 Å². The molecule has 5 rings (SSSR count). The van der Waals surface area contributed by atoms with E-state index in [2.05, 4.69) is 17.1 Å². The maximum Gasteiger partial charge on any atom is 0.352 e. The monoisotopic (exact) mass is 367 g/mol. The molecule has 1 aliphatic heterocycles. The number of amides is 3. The van der Waals surface area contributed by atoms with Crippen LogP contribution in [-0.4, -0.2) is 28.5 Å². The fourth-order valence-electron chi connectivity index (χ4n) is 3.87. The van der Waals surface area contributed by atoms with Gasteiger partial charge in [0, 0.05) is 18.3 Å². The topological polar surface area (TPSA) is 54.7 Å². The van der Waals surface area contributed by atoms with E-state index in [1.165, 1.54) is 7.05 Å². The molecule has 5 nitrogen and oxygen atoms in total. The van der Waals surface area contributed by atoms with Gasteiger partial charge in [0.25, 0.3) is 5.91 Å². The van der Waals surface area contributed by atoms with Gasteiger partial charge in [-0.05, 0) is 35.8 Å². The van der Waals surface area contributed by atoms with Crippen molar-refractivity contribution in [3.05, 3.63) is 94.3 Å². The second-order valence-electron chi connectivity index (χ2n) is 6.91. The molecule has 2 bridgehead atoms. The highest BCUT2D eigenvalue weighted by molar-refractivity contribution is 6.09. The molecule has 0 radical (unpaired) electrons. The van der Waals surface area contributed by atoms with Crippen LogP contribution in [-0.2, 0) is 0 Å². The molecule has 0 spiro atoms. The highest BCUT2D eigenvalue weighted by Gasteiger charge is 2.33. The molecule has 1 aromatic heterocycles. The van der Waals surface area contributed by atoms with E-state index in [-0.39, 0.29) is 5.91 Å². The number of nitrogens with zero attached hydrogens (tertiary/aromatic N) is 3. The second-order valence-corrected chi connectivity index (χ2v) is 6.91. The van der Waals surface area contributed by atoms with Crippen LogP contribution in [0.25, 0.3) is 17.3 Å². The van der Waals surface area contributed by atoms with Gasteiger partial charge in [-0.25, -0.2) is 4.79 Å². The minimum Gasteiger partial charge on any atom is -0.294 e. The molecule has 3 aliphatic rings. The van der Waals surface area contributed by atoms with Gasteiger partial charge in [0.15, 0.2) is 5.49 Å². The molecular formula is C23H17N3O2. The number of imide groups is 1. The highest BCUT2D eigenvalue weighted by Crippen LogP contribution is 2.28. The number of urea groups is 1. The van der Waals surface area contributed by atoms with Crippen molar-refractivity contribution in [2.75, 3.05) is 7.05 Å². The molecule has 0 saturated carbocycles. The number of carbonyl (C=O) groups excluding carboxylic acids is 2. The second kappa shape index (κ2) is 6.16. The van der Waals surface area contributed by atoms with Gasteiger partial charge in [0.05, 0.1) is 10.9 Å². The summed E-state index contributed by atoms with van der Waals surface area (Å²) < 4.78 is 1.90. The Hall–Kier alpha value is -3.73. The minimum atomic E-state index is -0.550. The van der Waals surface area contributed by atoms with Crippen molar-refractivity contribution in [3.63, 3.8) is 0 Å². The van der Waals surface area contributed by atoms with Crippen molar-refractivity contribution in [1.82, 2.24) is 9.47 Å². The zero-order valence-electron chi connectivity index (χ0n) is 15.3. The molecule has 0 fully saturated rings. The van der Waals surface area contributed by atoms with Gasteiger partial charge in [-0.15, -0.1) is 0 Å². The van der Waals surface area contributed by atoms with Gasteiger partial charge in [-0.3, -0.25) is 14.3 Å². The molecule has 1 aromatic carbocycles. The van der Waals surface area contributed by atoms with E-state index in [1.807, 2.05) is 65.3 Å². The Morgan fingerprint density at radius 3 is 2.54 bits per heavy atom. The number of benzene rings is 1. The SMILES string of the molecule is CN1C(=O)N=c2c(c3c(n2-c2ccccc2)=CC=CC2=CC=CC=C3C2)C1=O. The number of hydrogen-bond donors (Lipinski definition) is 0. The number of carbonyl (C=O) groups is 2. The van der Waals surface area contributed by atoms with E-state index in [0.29, 0.717) is 17.5 Å². The first-order valence-electron chi connectivity index (χ1n) is 9.11. The number of hydrogen-bond acceptors (Lipinski definition) is 2. The number of aromatic nitrogens is 1. The van der Waals surface area contributed by atoms with Crippen molar-refractivity contribution < 1.29 is 9.59 Å². The Morgan fingerprint density at radius 1 is 0.929 bits per heavy atom. The van der Waals surface area contributed by atoms with Crippen LogP contribution < -0.4 is 10.8 Å². The molecule has 0 saturated heterocycles. The number of allylic oxidation sites excluding steroid dienone is 8. The van der Waals surface area contributed by atoms with E-state index in [1.54, 1.807) is 0 Å². The Kier molecular flexibility index (Phi) is 3.62. The summed E-state index contributed by atoms with van der Waals surface area (Å²) in [5, 5.41) is 0.855. The largest absolute Gasteiger partial charge is 0.352 e. The first kappa shape index (κ1) is 16.4. The van der Waals surface area contributed by atoms with Gasteiger partial charge in [0.2, 0.25) is 0 Å². The number of rotatable bonds is 1. The first-order chi connectivity index (χ1) is 13.6. The number of fused-ring (bicyclic) bond motifs is 6. The Bertz CT molecular complexity index is 1270. The van der Waals surface area contributed by atoms with Crippen LogP contribution in [0.3, 0.4) is 0 Å². The third-order valence-electron chi connectivity index (χ3n) is 5.20. The Morgan fingerprint density at radius 2 is 1.71 bits per heavy atom. The summed E-state index contributed by atoms with van der Waals surface area (Å²) in [5.41, 5.74) is 4.78. The fraction of sp³-hybridized carbons (Fsp3) is 0.0870. The predicted octanol–water partition coefficient (Wildman–Crippen LogP) is 2.92. The average molecular weight is 367 g/mol. The van der Waals surface area contributed by atoms with Crippen LogP contribution in [0.15, 0.2) is 77.4 Å². The third-order valence-corrected chi connectivity index (χ3v) is 5.20. The van der Waals surface area contributed by atoms with Crippen molar-refractivity contribution in [1.29, 1.82) is 0 Å². The van der Waals surface area contributed by atoms with Crippen LogP contribution in [0.5, 0.6) is 0 Å².